The maximum absolute atomic E-state index is 13.4. The van der Waals surface area contributed by atoms with E-state index >= 15 is 0 Å². The molecular weight excluding hydrogens is 1130 g/mol. The number of hydrogen-bond donors (Lipinski definition) is 12. The molecule has 3 rings (SSSR count). The van der Waals surface area contributed by atoms with Crippen molar-refractivity contribution in [3.05, 3.63) is 0 Å². The second-order valence-corrected chi connectivity index (χ2v) is 26.4. The fourth-order valence-electron chi connectivity index (χ4n) is 12.8. The molecule has 3 heterocycles. The van der Waals surface area contributed by atoms with Gasteiger partial charge in [0.05, 0.1) is 38.6 Å². The summed E-state index contributed by atoms with van der Waals surface area (Å²) in [5, 5.41) is 121. The summed E-state index contributed by atoms with van der Waals surface area (Å²) in [6.07, 6.45) is 29.0. The Bertz CT molecular complexity index is 1600. The molecule has 0 radical (unpaired) electrons. The summed E-state index contributed by atoms with van der Waals surface area (Å²) in [6, 6.07) is -0.882. The van der Waals surface area contributed by atoms with Crippen LogP contribution in [0.25, 0.3) is 0 Å². The average molecular weight is 1260 g/mol. The van der Waals surface area contributed by atoms with E-state index < -0.39 is 124 Å². The van der Waals surface area contributed by atoms with Crippen LogP contribution in [0, 0.1) is 0 Å². The van der Waals surface area contributed by atoms with Crippen LogP contribution < -0.4 is 5.32 Å². The minimum atomic E-state index is -1.97. The Hall–Kier alpha value is -1.21. The number of carbonyl (C=O) groups excluding carboxylic acids is 1. The highest BCUT2D eigenvalue weighted by atomic mass is 16.8. The molecule has 17 unspecified atom stereocenters. The van der Waals surface area contributed by atoms with Gasteiger partial charge in [0.15, 0.2) is 18.9 Å². The monoisotopic (exact) mass is 1260 g/mol. The predicted octanol–water partition coefficient (Wildman–Crippen LogP) is 9.89. The van der Waals surface area contributed by atoms with E-state index in [4.69, 9.17) is 28.4 Å². The van der Waals surface area contributed by atoms with Crippen molar-refractivity contribution in [2.24, 2.45) is 0 Å². The van der Waals surface area contributed by atoms with Gasteiger partial charge >= 0.3 is 0 Å². The van der Waals surface area contributed by atoms with Gasteiger partial charge in [-0.05, 0) is 12.8 Å². The molecular formula is C69H133NO18. The molecule has 0 spiro atoms. The number of aliphatic hydroxyl groups excluding tert-OH is 11. The summed E-state index contributed by atoms with van der Waals surface area (Å²) in [6.45, 7) is 1.85. The van der Waals surface area contributed by atoms with E-state index in [1.54, 1.807) is 0 Å². The molecule has 3 aliphatic rings. The number of amides is 1. The Morgan fingerprint density at radius 1 is 0.364 bits per heavy atom. The van der Waals surface area contributed by atoms with Gasteiger partial charge in [-0.15, -0.1) is 0 Å². The number of nitrogens with one attached hydrogen (secondary N) is 1. The normalized spacial score (nSPS) is 28.3. The van der Waals surface area contributed by atoms with Crippen molar-refractivity contribution in [1.29, 1.82) is 0 Å². The highest BCUT2D eigenvalue weighted by Gasteiger charge is 2.53. The molecule has 0 aliphatic carbocycles. The molecule has 0 aromatic carbocycles. The fourth-order valence-corrected chi connectivity index (χ4v) is 12.8. The van der Waals surface area contributed by atoms with Gasteiger partial charge in [-0.2, -0.15) is 0 Å². The molecule has 1 amide bonds. The quantitative estimate of drug-likeness (QED) is 0.0252. The van der Waals surface area contributed by atoms with E-state index in [2.05, 4.69) is 19.2 Å². The maximum Gasteiger partial charge on any atom is 0.220 e. The van der Waals surface area contributed by atoms with Crippen LogP contribution in [-0.4, -0.2) is 193 Å². The number of aliphatic hydroxyl groups is 11. The molecule has 19 heteroatoms. The van der Waals surface area contributed by atoms with E-state index in [1.807, 2.05) is 0 Å². The average Bonchev–Trinajstić information content (AvgIpc) is 3.70. The summed E-state index contributed by atoms with van der Waals surface area (Å²) >= 11 is 0. The van der Waals surface area contributed by atoms with E-state index in [1.165, 1.54) is 225 Å². The lowest BCUT2D eigenvalue weighted by molar-refractivity contribution is -0.379. The van der Waals surface area contributed by atoms with Gasteiger partial charge in [-0.1, -0.05) is 284 Å². The van der Waals surface area contributed by atoms with Gasteiger partial charge in [0, 0.05) is 6.42 Å². The van der Waals surface area contributed by atoms with Crippen LogP contribution in [0.4, 0.5) is 0 Å². The molecule has 3 saturated heterocycles. The fraction of sp³-hybridized carbons (Fsp3) is 0.986. The molecule has 3 fully saturated rings. The zero-order valence-electron chi connectivity index (χ0n) is 55.2. The highest BCUT2D eigenvalue weighted by molar-refractivity contribution is 5.76. The maximum atomic E-state index is 13.4. The number of carbonyl (C=O) groups is 1. The first-order valence-corrected chi connectivity index (χ1v) is 36.3. The minimum absolute atomic E-state index is 0.235. The molecule has 0 aromatic rings. The molecule has 12 N–H and O–H groups in total. The molecule has 88 heavy (non-hydrogen) atoms. The SMILES string of the molecule is CCCCCCCCCCCCCCCCCCCCCCCCCCCCC(=O)NC(COC1OC(CO)C(OC2OC(CO)C(OC3OC(CO)C(O)C(O)C3O)C(O)C2O)C(O)C1O)C(O)CCCCCCCCCCCCCCCCCCC. The molecule has 17 atom stereocenters. The number of unbranched alkanes of at least 4 members (excludes halogenated alkanes) is 41. The first-order valence-electron chi connectivity index (χ1n) is 36.3. The third-order valence-electron chi connectivity index (χ3n) is 18.7. The van der Waals surface area contributed by atoms with Gasteiger partial charge in [-0.3, -0.25) is 4.79 Å². The summed E-state index contributed by atoms with van der Waals surface area (Å²) < 4.78 is 34.4. The van der Waals surface area contributed by atoms with Gasteiger partial charge in [-0.25, -0.2) is 0 Å². The van der Waals surface area contributed by atoms with E-state index in [-0.39, 0.29) is 18.9 Å². The lowest BCUT2D eigenvalue weighted by atomic mass is 9.96. The summed E-state index contributed by atoms with van der Waals surface area (Å²) in [4.78, 5) is 13.4. The van der Waals surface area contributed by atoms with Crippen molar-refractivity contribution in [2.45, 2.75) is 407 Å². The van der Waals surface area contributed by atoms with Crippen molar-refractivity contribution in [3.8, 4) is 0 Å². The second kappa shape index (κ2) is 52.1. The minimum Gasteiger partial charge on any atom is -0.394 e. The van der Waals surface area contributed by atoms with E-state index in [9.17, 15) is 61.0 Å². The van der Waals surface area contributed by atoms with Crippen molar-refractivity contribution in [3.63, 3.8) is 0 Å². The Kier molecular flexibility index (Phi) is 48.0. The molecule has 19 nitrogen and oxygen atoms in total. The highest BCUT2D eigenvalue weighted by Crippen LogP contribution is 2.33. The third-order valence-corrected chi connectivity index (χ3v) is 18.7. The number of hydrogen-bond acceptors (Lipinski definition) is 18. The second-order valence-electron chi connectivity index (χ2n) is 26.4. The topological polar surface area (TPSA) is 307 Å². The van der Waals surface area contributed by atoms with Crippen molar-refractivity contribution in [2.75, 3.05) is 26.4 Å². The summed E-state index contributed by atoms with van der Waals surface area (Å²) in [5.74, 6) is -0.235. The summed E-state index contributed by atoms with van der Waals surface area (Å²) in [7, 11) is 0. The van der Waals surface area contributed by atoms with Crippen LogP contribution in [-0.2, 0) is 33.2 Å². The van der Waals surface area contributed by atoms with Crippen molar-refractivity contribution in [1.82, 2.24) is 5.32 Å². The van der Waals surface area contributed by atoms with Gasteiger partial charge < -0.3 is 89.9 Å². The third kappa shape index (κ3) is 33.8. The van der Waals surface area contributed by atoms with Crippen LogP contribution in [0.2, 0.25) is 0 Å². The Morgan fingerprint density at radius 3 is 0.989 bits per heavy atom. The lowest BCUT2D eigenvalue weighted by Crippen LogP contribution is -2.66. The predicted molar refractivity (Wildman–Crippen MR) is 342 cm³/mol. The molecule has 522 valence electrons. The van der Waals surface area contributed by atoms with E-state index in [0.717, 1.165) is 44.9 Å². The standard InChI is InChI=1S/C69H133NO18/c1-3-5-7-9-11-13-15-17-19-21-22-23-24-25-26-27-28-29-31-33-35-37-39-41-43-45-47-57(75)70-52(53(74)46-44-42-40-38-36-34-32-30-20-18-16-14-12-10-8-6-4-2)51-83-67-63(81)60(78)65(55(49-72)85-67)88-69-64(82)61(79)66(56(50-73)86-69)87-68-62(80)59(77)58(76)54(48-71)84-68/h52-56,58-69,71-74,76-82H,3-51H2,1-2H3,(H,70,75). The van der Waals surface area contributed by atoms with Crippen molar-refractivity contribution < 1.29 is 89.4 Å². The summed E-state index contributed by atoms with van der Waals surface area (Å²) in [5.41, 5.74) is 0. The zero-order valence-corrected chi connectivity index (χ0v) is 55.2. The molecule has 0 bridgehead atoms. The Labute approximate surface area is 532 Å². The molecule has 3 aliphatic heterocycles. The first-order chi connectivity index (χ1) is 42.8. The largest absolute Gasteiger partial charge is 0.394 e. The molecule has 0 aromatic heterocycles. The molecule has 0 saturated carbocycles. The van der Waals surface area contributed by atoms with Crippen LogP contribution in [0.3, 0.4) is 0 Å². The van der Waals surface area contributed by atoms with Gasteiger partial charge in [0.1, 0.15) is 73.2 Å². The van der Waals surface area contributed by atoms with Gasteiger partial charge in [0.25, 0.3) is 0 Å². The Morgan fingerprint density at radius 2 is 0.648 bits per heavy atom. The van der Waals surface area contributed by atoms with Crippen LogP contribution in [0.5, 0.6) is 0 Å². The number of rotatable bonds is 57. The van der Waals surface area contributed by atoms with Crippen LogP contribution >= 0.6 is 0 Å². The van der Waals surface area contributed by atoms with Crippen molar-refractivity contribution >= 4 is 5.91 Å². The lowest BCUT2D eigenvalue weighted by Gasteiger charge is -2.48. The van der Waals surface area contributed by atoms with Gasteiger partial charge in [0.2, 0.25) is 5.91 Å². The number of ether oxygens (including phenoxy) is 6. The first kappa shape index (κ1) is 81.0. The smallest absolute Gasteiger partial charge is 0.220 e. The van der Waals surface area contributed by atoms with Crippen LogP contribution in [0.1, 0.15) is 303 Å². The zero-order chi connectivity index (χ0) is 64.0. The van der Waals surface area contributed by atoms with Crippen LogP contribution in [0.15, 0.2) is 0 Å². The Balaban J connectivity index is 1.40. The van der Waals surface area contributed by atoms with E-state index in [0.29, 0.717) is 12.8 Å².